The van der Waals surface area contributed by atoms with E-state index in [4.69, 9.17) is 0 Å². The smallest absolute Gasteiger partial charge is 0.211 e. The summed E-state index contributed by atoms with van der Waals surface area (Å²) in [6.07, 6.45) is 0. The van der Waals surface area contributed by atoms with Gasteiger partial charge in [-0.05, 0) is 31.2 Å². The van der Waals surface area contributed by atoms with Gasteiger partial charge in [-0.2, -0.15) is 0 Å². The number of aromatic nitrogens is 1. The number of aryl methyl sites for hydroxylation is 1. The van der Waals surface area contributed by atoms with Crippen LogP contribution < -0.4 is 0 Å². The predicted molar refractivity (Wildman–Crippen MR) is 58.8 cm³/mol. The van der Waals surface area contributed by atoms with Crippen molar-refractivity contribution in [3.8, 4) is 0 Å². The molecule has 0 fully saturated rings. The van der Waals surface area contributed by atoms with E-state index in [0.29, 0.717) is 11.3 Å². The normalized spacial score (nSPS) is 10.1. The molecule has 0 saturated carbocycles. The molecule has 0 spiro atoms. The highest BCUT2D eigenvalue weighted by molar-refractivity contribution is 6.07. The van der Waals surface area contributed by atoms with Crippen molar-refractivity contribution in [3.63, 3.8) is 0 Å². The van der Waals surface area contributed by atoms with Gasteiger partial charge in [-0.15, -0.1) is 0 Å². The zero-order valence-corrected chi connectivity index (χ0v) is 8.77. The van der Waals surface area contributed by atoms with Crippen LogP contribution in [0.25, 0.3) is 0 Å². The first-order valence-electron chi connectivity index (χ1n) is 4.91. The van der Waals surface area contributed by atoms with Crippen molar-refractivity contribution in [3.05, 3.63) is 65.2 Å². The fourth-order valence-electron chi connectivity index (χ4n) is 1.45. The first kappa shape index (κ1) is 10.5. The van der Waals surface area contributed by atoms with Crippen LogP contribution in [0.1, 0.15) is 21.7 Å². The van der Waals surface area contributed by atoms with E-state index >= 15 is 0 Å². The van der Waals surface area contributed by atoms with Crippen LogP contribution in [0.2, 0.25) is 0 Å². The van der Waals surface area contributed by atoms with Gasteiger partial charge in [0, 0.05) is 11.3 Å². The molecule has 0 aliphatic carbocycles. The Labute approximate surface area is 92.8 Å². The van der Waals surface area contributed by atoms with Crippen LogP contribution in [0.4, 0.5) is 4.39 Å². The van der Waals surface area contributed by atoms with Crippen molar-refractivity contribution in [2.24, 2.45) is 0 Å². The number of halogens is 1. The summed E-state index contributed by atoms with van der Waals surface area (Å²) in [4.78, 5) is 16.0. The minimum atomic E-state index is -0.418. The van der Waals surface area contributed by atoms with Crippen molar-refractivity contribution < 1.29 is 9.18 Å². The minimum Gasteiger partial charge on any atom is -0.287 e. The van der Waals surface area contributed by atoms with Crippen LogP contribution in [-0.2, 0) is 0 Å². The molecule has 1 aromatic carbocycles. The fraction of sp³-hybridized carbons (Fsp3) is 0.0769. The molecule has 0 aliphatic rings. The first-order valence-corrected chi connectivity index (χ1v) is 4.91. The molecule has 0 N–H and O–H groups in total. The molecule has 2 nitrogen and oxygen atoms in total. The molecule has 0 unspecified atom stereocenters. The second-order valence-electron chi connectivity index (χ2n) is 3.50. The molecule has 1 heterocycles. The van der Waals surface area contributed by atoms with Gasteiger partial charge in [0.05, 0.1) is 0 Å². The Kier molecular flexibility index (Phi) is 2.77. The second kappa shape index (κ2) is 4.23. The van der Waals surface area contributed by atoms with Crippen LogP contribution in [0.3, 0.4) is 0 Å². The maximum atomic E-state index is 12.9. The van der Waals surface area contributed by atoms with E-state index in [2.05, 4.69) is 4.98 Å². The van der Waals surface area contributed by atoms with Gasteiger partial charge < -0.3 is 0 Å². The quantitative estimate of drug-likeness (QED) is 0.721. The highest BCUT2D eigenvalue weighted by atomic mass is 19.1. The summed E-state index contributed by atoms with van der Waals surface area (Å²) in [5.41, 5.74) is 1.42. The molecule has 16 heavy (non-hydrogen) atoms. The lowest BCUT2D eigenvalue weighted by molar-refractivity contribution is 0.103. The highest BCUT2D eigenvalue weighted by Gasteiger charge is 2.10. The zero-order chi connectivity index (χ0) is 11.5. The molecule has 0 aliphatic heterocycles. The largest absolute Gasteiger partial charge is 0.287 e. The molecule has 0 atom stereocenters. The Bertz CT molecular complexity index is 489. The van der Waals surface area contributed by atoms with E-state index in [0.717, 1.165) is 5.69 Å². The van der Waals surface area contributed by atoms with E-state index in [1.807, 2.05) is 13.0 Å². The Morgan fingerprint density at radius 2 is 1.94 bits per heavy atom. The van der Waals surface area contributed by atoms with Gasteiger partial charge in [0.15, 0.2) is 0 Å². The third-order valence-electron chi connectivity index (χ3n) is 2.21. The molecule has 0 bridgehead atoms. The summed E-state index contributed by atoms with van der Waals surface area (Å²) in [6, 6.07) is 10.8. The van der Waals surface area contributed by atoms with Gasteiger partial charge in [0.2, 0.25) is 5.78 Å². The molecule has 0 amide bonds. The zero-order valence-electron chi connectivity index (χ0n) is 8.77. The molecular weight excluding hydrogens is 205 g/mol. The lowest BCUT2D eigenvalue weighted by Gasteiger charge is -2.01. The number of nitrogens with zero attached hydrogens (tertiary/aromatic N) is 1. The van der Waals surface area contributed by atoms with Crippen molar-refractivity contribution in [2.75, 3.05) is 0 Å². The molecule has 3 heteroatoms. The standard InChI is InChI=1S/C13H10FNO/c1-9-4-2-7-12(15-9)13(16)10-5-3-6-11(14)8-10/h2-8H,1H3. The van der Waals surface area contributed by atoms with E-state index in [-0.39, 0.29) is 5.78 Å². The number of carbonyl (C=O) groups is 1. The number of pyridine rings is 1. The van der Waals surface area contributed by atoms with Gasteiger partial charge in [0.25, 0.3) is 0 Å². The summed E-state index contributed by atoms with van der Waals surface area (Å²) < 4.78 is 12.9. The number of hydrogen-bond donors (Lipinski definition) is 0. The lowest BCUT2D eigenvalue weighted by Crippen LogP contribution is -2.04. The predicted octanol–water partition coefficient (Wildman–Crippen LogP) is 2.76. The lowest BCUT2D eigenvalue weighted by atomic mass is 10.1. The Morgan fingerprint density at radius 1 is 1.19 bits per heavy atom. The van der Waals surface area contributed by atoms with Crippen LogP contribution in [-0.4, -0.2) is 10.8 Å². The number of rotatable bonds is 2. The molecular formula is C13H10FNO. The summed E-state index contributed by atoms with van der Waals surface area (Å²) >= 11 is 0. The minimum absolute atomic E-state index is 0.261. The van der Waals surface area contributed by atoms with Crippen molar-refractivity contribution >= 4 is 5.78 Å². The Balaban J connectivity index is 2.39. The van der Waals surface area contributed by atoms with Crippen molar-refractivity contribution in [1.29, 1.82) is 0 Å². The van der Waals surface area contributed by atoms with Crippen LogP contribution in [0.5, 0.6) is 0 Å². The highest BCUT2D eigenvalue weighted by Crippen LogP contribution is 2.09. The second-order valence-corrected chi connectivity index (χ2v) is 3.50. The summed E-state index contributed by atoms with van der Waals surface area (Å²) in [6.45, 7) is 1.81. The molecule has 0 radical (unpaired) electrons. The van der Waals surface area contributed by atoms with Crippen LogP contribution in [0, 0.1) is 12.7 Å². The number of ketones is 1. The topological polar surface area (TPSA) is 30.0 Å². The molecule has 1 aromatic heterocycles. The number of hydrogen-bond acceptors (Lipinski definition) is 2. The van der Waals surface area contributed by atoms with Gasteiger partial charge in [0.1, 0.15) is 11.5 Å². The molecule has 2 aromatic rings. The van der Waals surface area contributed by atoms with Gasteiger partial charge in [-0.3, -0.25) is 4.79 Å². The average molecular weight is 215 g/mol. The fourth-order valence-corrected chi connectivity index (χ4v) is 1.45. The third kappa shape index (κ3) is 2.14. The van der Waals surface area contributed by atoms with E-state index in [1.54, 1.807) is 18.2 Å². The number of carbonyl (C=O) groups excluding carboxylic acids is 1. The summed E-state index contributed by atoms with van der Waals surface area (Å²) in [5, 5.41) is 0. The first-order chi connectivity index (χ1) is 7.66. The molecule has 2 rings (SSSR count). The average Bonchev–Trinajstić information content (AvgIpc) is 2.28. The van der Waals surface area contributed by atoms with Crippen LogP contribution >= 0.6 is 0 Å². The molecule has 80 valence electrons. The van der Waals surface area contributed by atoms with E-state index in [1.165, 1.54) is 18.2 Å². The third-order valence-corrected chi connectivity index (χ3v) is 2.21. The van der Waals surface area contributed by atoms with E-state index < -0.39 is 5.82 Å². The van der Waals surface area contributed by atoms with E-state index in [9.17, 15) is 9.18 Å². The number of benzene rings is 1. The van der Waals surface area contributed by atoms with Gasteiger partial charge in [-0.1, -0.05) is 18.2 Å². The van der Waals surface area contributed by atoms with Gasteiger partial charge >= 0.3 is 0 Å². The maximum absolute atomic E-state index is 12.9. The summed E-state index contributed by atoms with van der Waals surface area (Å²) in [7, 11) is 0. The Morgan fingerprint density at radius 3 is 2.62 bits per heavy atom. The SMILES string of the molecule is Cc1cccc(C(=O)c2cccc(F)c2)n1. The summed E-state index contributed by atoms with van der Waals surface area (Å²) in [5.74, 6) is -0.679. The van der Waals surface area contributed by atoms with Crippen molar-refractivity contribution in [2.45, 2.75) is 6.92 Å². The van der Waals surface area contributed by atoms with Gasteiger partial charge in [-0.25, -0.2) is 9.37 Å². The maximum Gasteiger partial charge on any atom is 0.211 e. The van der Waals surface area contributed by atoms with Crippen LogP contribution in [0.15, 0.2) is 42.5 Å². The molecule has 0 saturated heterocycles. The van der Waals surface area contributed by atoms with Crippen molar-refractivity contribution in [1.82, 2.24) is 4.98 Å². The monoisotopic (exact) mass is 215 g/mol. The Hall–Kier alpha value is -2.03.